The number of nitriles is 1. The summed E-state index contributed by atoms with van der Waals surface area (Å²) in [5, 5.41) is 12.1. The molecule has 0 amide bonds. The van der Waals surface area contributed by atoms with Crippen LogP contribution in [0.4, 0.5) is 5.69 Å². The fourth-order valence-electron chi connectivity index (χ4n) is 1.60. The van der Waals surface area contributed by atoms with Crippen LogP contribution in [-0.4, -0.2) is 0 Å². The summed E-state index contributed by atoms with van der Waals surface area (Å²) < 4.78 is 0. The third-order valence-corrected chi connectivity index (χ3v) is 3.75. The van der Waals surface area contributed by atoms with E-state index in [0.29, 0.717) is 5.56 Å². The van der Waals surface area contributed by atoms with E-state index >= 15 is 0 Å². The van der Waals surface area contributed by atoms with Gasteiger partial charge >= 0.3 is 0 Å². The van der Waals surface area contributed by atoms with Gasteiger partial charge in [-0.1, -0.05) is 13.0 Å². The maximum atomic E-state index is 8.81. The summed E-state index contributed by atoms with van der Waals surface area (Å²) in [4.78, 5) is 2.73. The highest BCUT2D eigenvalue weighted by molar-refractivity contribution is 7.12. The highest BCUT2D eigenvalue weighted by Crippen LogP contribution is 2.18. The molecule has 86 valence electrons. The average molecular weight is 242 g/mol. The molecule has 0 aliphatic rings. The monoisotopic (exact) mass is 242 g/mol. The fourth-order valence-corrected chi connectivity index (χ4v) is 2.49. The van der Waals surface area contributed by atoms with Crippen molar-refractivity contribution in [1.82, 2.24) is 0 Å². The van der Waals surface area contributed by atoms with Gasteiger partial charge in [0.15, 0.2) is 0 Å². The predicted molar refractivity (Wildman–Crippen MR) is 72.2 cm³/mol. The normalized spacial score (nSPS) is 9.88. The van der Waals surface area contributed by atoms with Gasteiger partial charge in [0.05, 0.1) is 11.6 Å². The topological polar surface area (TPSA) is 35.8 Å². The Labute approximate surface area is 106 Å². The molecule has 2 nitrogen and oxygen atoms in total. The predicted octanol–water partition coefficient (Wildman–Crippen LogP) is 3.79. The molecular weight excluding hydrogens is 228 g/mol. The van der Waals surface area contributed by atoms with Crippen molar-refractivity contribution >= 4 is 17.0 Å². The average Bonchev–Trinajstić information content (AvgIpc) is 2.84. The van der Waals surface area contributed by atoms with E-state index in [1.807, 2.05) is 35.6 Å². The van der Waals surface area contributed by atoms with Crippen molar-refractivity contribution in [3.8, 4) is 6.07 Å². The second-order valence-corrected chi connectivity index (χ2v) is 5.02. The van der Waals surface area contributed by atoms with E-state index in [9.17, 15) is 0 Å². The lowest BCUT2D eigenvalue weighted by atomic mass is 10.2. The minimum Gasteiger partial charge on any atom is -0.380 e. The standard InChI is InChI=1S/C14H14N2S/c1-2-13-6-7-14(17-13)10-16-12-5-3-4-11(8-12)9-15/h3-8,16H,2,10H2,1H3. The summed E-state index contributed by atoms with van der Waals surface area (Å²) in [5.74, 6) is 0. The summed E-state index contributed by atoms with van der Waals surface area (Å²) in [5.41, 5.74) is 1.69. The van der Waals surface area contributed by atoms with E-state index in [1.165, 1.54) is 9.75 Å². The fraction of sp³-hybridized carbons (Fsp3) is 0.214. The molecule has 0 aliphatic heterocycles. The van der Waals surface area contributed by atoms with E-state index < -0.39 is 0 Å². The van der Waals surface area contributed by atoms with Crippen LogP contribution in [0.1, 0.15) is 22.2 Å². The van der Waals surface area contributed by atoms with E-state index in [0.717, 1.165) is 18.7 Å². The molecule has 0 radical (unpaired) electrons. The van der Waals surface area contributed by atoms with Gasteiger partial charge in [-0.15, -0.1) is 11.3 Å². The molecule has 0 spiro atoms. The second kappa shape index (κ2) is 5.51. The molecule has 0 unspecified atom stereocenters. The third-order valence-electron chi connectivity index (χ3n) is 2.52. The molecule has 0 bridgehead atoms. The first-order valence-corrected chi connectivity index (χ1v) is 6.45. The number of thiophene rings is 1. The zero-order valence-electron chi connectivity index (χ0n) is 9.73. The van der Waals surface area contributed by atoms with Crippen LogP contribution in [0, 0.1) is 11.3 Å². The van der Waals surface area contributed by atoms with Crippen LogP contribution in [0.5, 0.6) is 0 Å². The van der Waals surface area contributed by atoms with Gasteiger partial charge in [-0.25, -0.2) is 0 Å². The van der Waals surface area contributed by atoms with E-state index in [2.05, 4.69) is 30.4 Å². The Kier molecular flexibility index (Phi) is 3.79. The highest BCUT2D eigenvalue weighted by atomic mass is 32.1. The van der Waals surface area contributed by atoms with Crippen molar-refractivity contribution in [2.24, 2.45) is 0 Å². The van der Waals surface area contributed by atoms with Gasteiger partial charge in [-0.2, -0.15) is 5.26 Å². The van der Waals surface area contributed by atoms with Crippen molar-refractivity contribution in [2.45, 2.75) is 19.9 Å². The van der Waals surface area contributed by atoms with E-state index in [1.54, 1.807) is 0 Å². The largest absolute Gasteiger partial charge is 0.380 e. The number of aryl methyl sites for hydroxylation is 1. The number of hydrogen-bond acceptors (Lipinski definition) is 3. The molecule has 3 heteroatoms. The number of nitrogens with zero attached hydrogens (tertiary/aromatic N) is 1. The maximum Gasteiger partial charge on any atom is 0.0992 e. The van der Waals surface area contributed by atoms with Crippen molar-refractivity contribution in [1.29, 1.82) is 5.26 Å². The van der Waals surface area contributed by atoms with Gasteiger partial charge in [0.2, 0.25) is 0 Å². The summed E-state index contributed by atoms with van der Waals surface area (Å²) >= 11 is 1.83. The quantitative estimate of drug-likeness (QED) is 0.885. The lowest BCUT2D eigenvalue weighted by molar-refractivity contribution is 1.19. The van der Waals surface area contributed by atoms with Gasteiger partial charge < -0.3 is 5.32 Å². The molecule has 0 aliphatic carbocycles. The van der Waals surface area contributed by atoms with Crippen LogP contribution in [0.15, 0.2) is 36.4 Å². The Morgan fingerprint density at radius 3 is 2.76 bits per heavy atom. The Hall–Kier alpha value is -1.79. The number of benzene rings is 1. The molecule has 0 atom stereocenters. The summed E-state index contributed by atoms with van der Waals surface area (Å²) in [6.45, 7) is 2.99. The molecule has 0 saturated carbocycles. The van der Waals surface area contributed by atoms with E-state index in [-0.39, 0.29) is 0 Å². The molecule has 0 saturated heterocycles. The van der Waals surface area contributed by atoms with Crippen LogP contribution in [-0.2, 0) is 13.0 Å². The van der Waals surface area contributed by atoms with Crippen LogP contribution >= 0.6 is 11.3 Å². The van der Waals surface area contributed by atoms with Crippen molar-refractivity contribution in [3.63, 3.8) is 0 Å². The number of hydrogen-bond donors (Lipinski definition) is 1. The smallest absolute Gasteiger partial charge is 0.0992 e. The molecule has 2 rings (SSSR count). The molecule has 1 aromatic heterocycles. The summed E-state index contributed by atoms with van der Waals surface area (Å²) in [7, 11) is 0. The first kappa shape index (κ1) is 11.7. The summed E-state index contributed by atoms with van der Waals surface area (Å²) in [6.07, 6.45) is 1.09. The Balaban J connectivity index is 1.99. The van der Waals surface area contributed by atoms with Gasteiger partial charge in [-0.3, -0.25) is 0 Å². The van der Waals surface area contributed by atoms with Crippen LogP contribution < -0.4 is 5.32 Å². The molecule has 1 aromatic carbocycles. The SMILES string of the molecule is CCc1ccc(CNc2cccc(C#N)c2)s1. The lowest BCUT2D eigenvalue weighted by Crippen LogP contribution is -1.97. The molecular formula is C14H14N2S. The van der Waals surface area contributed by atoms with Gasteiger partial charge in [0, 0.05) is 22.0 Å². The van der Waals surface area contributed by atoms with Crippen LogP contribution in [0.3, 0.4) is 0 Å². The van der Waals surface area contributed by atoms with Crippen molar-refractivity contribution < 1.29 is 0 Å². The minimum absolute atomic E-state index is 0.690. The molecule has 17 heavy (non-hydrogen) atoms. The first-order chi connectivity index (χ1) is 8.31. The van der Waals surface area contributed by atoms with Crippen LogP contribution in [0.25, 0.3) is 0 Å². The van der Waals surface area contributed by atoms with Crippen LogP contribution in [0.2, 0.25) is 0 Å². The lowest BCUT2D eigenvalue weighted by Gasteiger charge is -2.04. The third kappa shape index (κ3) is 3.08. The Morgan fingerprint density at radius 2 is 2.06 bits per heavy atom. The summed E-state index contributed by atoms with van der Waals surface area (Å²) in [6, 6.07) is 14.0. The van der Waals surface area contributed by atoms with Crippen molar-refractivity contribution in [3.05, 3.63) is 51.7 Å². The highest BCUT2D eigenvalue weighted by Gasteiger charge is 1.99. The van der Waals surface area contributed by atoms with Gasteiger partial charge in [-0.05, 0) is 36.8 Å². The van der Waals surface area contributed by atoms with E-state index in [4.69, 9.17) is 5.26 Å². The number of anilines is 1. The second-order valence-electron chi connectivity index (χ2n) is 3.77. The Morgan fingerprint density at radius 1 is 1.24 bits per heavy atom. The zero-order valence-corrected chi connectivity index (χ0v) is 10.6. The zero-order chi connectivity index (χ0) is 12.1. The maximum absolute atomic E-state index is 8.81. The minimum atomic E-state index is 0.690. The van der Waals surface area contributed by atoms with Gasteiger partial charge in [0.1, 0.15) is 0 Å². The molecule has 0 fully saturated rings. The molecule has 1 N–H and O–H groups in total. The first-order valence-electron chi connectivity index (χ1n) is 5.63. The number of nitrogens with one attached hydrogen (secondary N) is 1. The van der Waals surface area contributed by atoms with Crippen molar-refractivity contribution in [2.75, 3.05) is 5.32 Å². The molecule has 1 heterocycles. The number of rotatable bonds is 4. The molecule has 2 aromatic rings. The van der Waals surface area contributed by atoms with Gasteiger partial charge in [0.25, 0.3) is 0 Å². The Bertz CT molecular complexity index is 537.